The quantitative estimate of drug-likeness (QED) is 0.626. The zero-order valence-corrected chi connectivity index (χ0v) is 16.0. The van der Waals surface area contributed by atoms with Crippen molar-refractivity contribution in [3.8, 4) is 0 Å². The van der Waals surface area contributed by atoms with Gasteiger partial charge in [-0.2, -0.15) is 0 Å². The highest BCUT2D eigenvalue weighted by atomic mass is 16.5. The Labute approximate surface area is 150 Å². The van der Waals surface area contributed by atoms with E-state index in [-0.39, 0.29) is 18.1 Å². The van der Waals surface area contributed by atoms with Gasteiger partial charge in [-0.3, -0.25) is 9.59 Å². The van der Waals surface area contributed by atoms with Crippen molar-refractivity contribution in [3.05, 3.63) is 22.5 Å². The lowest BCUT2D eigenvalue weighted by molar-refractivity contribution is -0.137. The van der Waals surface area contributed by atoms with Gasteiger partial charge >= 0.3 is 0 Å². The van der Waals surface area contributed by atoms with Gasteiger partial charge in [-0.1, -0.05) is 31.9 Å². The molecule has 3 rings (SSSR count). The highest BCUT2D eigenvalue weighted by Gasteiger charge is 2.59. The van der Waals surface area contributed by atoms with Crippen LogP contribution in [0, 0.1) is 22.7 Å². The molecular formula is C21H30O4. The molecule has 0 aromatic rings. The molecule has 4 heteroatoms. The minimum Gasteiger partial charge on any atom is -0.501 e. The second kappa shape index (κ2) is 6.08. The molecule has 0 aliphatic heterocycles. The average molecular weight is 346 g/mol. The maximum absolute atomic E-state index is 13.1. The van der Waals surface area contributed by atoms with Gasteiger partial charge < -0.3 is 9.84 Å². The van der Waals surface area contributed by atoms with Gasteiger partial charge in [0.1, 0.15) is 17.8 Å². The summed E-state index contributed by atoms with van der Waals surface area (Å²) in [6.07, 6.45) is 3.11. The van der Waals surface area contributed by atoms with Crippen LogP contribution in [0.1, 0.15) is 59.8 Å². The molecule has 3 aliphatic carbocycles. The van der Waals surface area contributed by atoms with E-state index in [1.165, 1.54) is 11.1 Å². The van der Waals surface area contributed by atoms with E-state index in [0.717, 1.165) is 19.1 Å². The lowest BCUT2D eigenvalue weighted by Crippen LogP contribution is -2.51. The molecule has 0 spiro atoms. The van der Waals surface area contributed by atoms with E-state index in [9.17, 15) is 14.7 Å². The van der Waals surface area contributed by atoms with Crippen LogP contribution in [0.2, 0.25) is 0 Å². The zero-order valence-electron chi connectivity index (χ0n) is 16.0. The smallest absolute Gasteiger partial charge is 0.149 e. The minimum absolute atomic E-state index is 0.0394. The molecule has 1 N–H and O–H groups in total. The number of carbonyl (C=O) groups is 2. The number of ether oxygens (including phenoxy) is 1. The van der Waals surface area contributed by atoms with Gasteiger partial charge in [0.15, 0.2) is 0 Å². The summed E-state index contributed by atoms with van der Waals surface area (Å²) in [5, 5.41) is 11.0. The Morgan fingerprint density at radius 1 is 1.28 bits per heavy atom. The van der Waals surface area contributed by atoms with Crippen molar-refractivity contribution in [2.45, 2.75) is 65.9 Å². The van der Waals surface area contributed by atoms with Crippen LogP contribution in [-0.2, 0) is 14.3 Å². The van der Waals surface area contributed by atoms with Crippen LogP contribution in [0.15, 0.2) is 22.5 Å². The first-order valence-electron chi connectivity index (χ1n) is 9.35. The third-order valence-corrected chi connectivity index (χ3v) is 7.14. The van der Waals surface area contributed by atoms with Crippen molar-refractivity contribution < 1.29 is 19.4 Å². The largest absolute Gasteiger partial charge is 0.501 e. The number of aldehydes is 1. The summed E-state index contributed by atoms with van der Waals surface area (Å²) >= 11 is 0. The molecule has 0 aromatic carbocycles. The fourth-order valence-electron chi connectivity index (χ4n) is 5.39. The Hall–Kier alpha value is -1.42. The fourth-order valence-corrected chi connectivity index (χ4v) is 5.39. The summed E-state index contributed by atoms with van der Waals surface area (Å²) in [6, 6.07) is 0. The zero-order chi connectivity index (χ0) is 18.6. The van der Waals surface area contributed by atoms with Gasteiger partial charge in [0, 0.05) is 35.7 Å². The highest BCUT2D eigenvalue weighted by Crippen LogP contribution is 2.62. The first kappa shape index (κ1) is 18.4. The molecule has 138 valence electrons. The first-order valence-corrected chi connectivity index (χ1v) is 9.35. The second-order valence-electron chi connectivity index (χ2n) is 8.78. The van der Waals surface area contributed by atoms with E-state index < -0.39 is 16.9 Å². The Morgan fingerprint density at radius 2 is 1.96 bits per heavy atom. The number of hydrogen-bond acceptors (Lipinski definition) is 4. The molecule has 25 heavy (non-hydrogen) atoms. The maximum atomic E-state index is 13.1. The summed E-state index contributed by atoms with van der Waals surface area (Å²) in [7, 11) is 1.59. The molecule has 0 amide bonds. The summed E-state index contributed by atoms with van der Waals surface area (Å²) in [4.78, 5) is 24.7. The van der Waals surface area contributed by atoms with E-state index >= 15 is 0 Å². The van der Waals surface area contributed by atoms with Crippen molar-refractivity contribution in [3.63, 3.8) is 0 Å². The Kier molecular flexibility index (Phi) is 4.47. The number of rotatable bonds is 3. The number of Topliss-reactive ketones (excluding diaryl/α,β-unsaturated/α-hetero) is 1. The van der Waals surface area contributed by atoms with Crippen LogP contribution in [0.5, 0.6) is 0 Å². The number of ketones is 1. The standard InChI is InChI=1S/C21H30O4/c1-12(2)14-6-7-20(3)18(24)10-21(4)15(19(14)20)9-16(25-5)13(11-22)8-17(21)23/h11-12,15,17,23H,6-10H2,1-5H3. The number of carbonyl (C=O) groups excluding carboxylic acids is 2. The van der Waals surface area contributed by atoms with E-state index in [2.05, 4.69) is 20.8 Å². The summed E-state index contributed by atoms with van der Waals surface area (Å²) < 4.78 is 5.55. The lowest BCUT2D eigenvalue weighted by atomic mass is 9.53. The molecule has 3 aliphatic rings. The van der Waals surface area contributed by atoms with Gasteiger partial charge in [-0.05, 0) is 31.6 Å². The lowest BCUT2D eigenvalue weighted by Gasteiger charge is -2.50. The van der Waals surface area contributed by atoms with Crippen molar-refractivity contribution in [2.24, 2.45) is 22.7 Å². The van der Waals surface area contributed by atoms with Crippen LogP contribution in [0.25, 0.3) is 0 Å². The summed E-state index contributed by atoms with van der Waals surface area (Å²) in [6.45, 7) is 8.46. The Morgan fingerprint density at radius 3 is 2.52 bits per heavy atom. The van der Waals surface area contributed by atoms with Gasteiger partial charge in [0.05, 0.1) is 13.2 Å². The molecule has 0 heterocycles. The number of fused-ring (bicyclic) bond motifs is 3. The first-order chi connectivity index (χ1) is 11.7. The topological polar surface area (TPSA) is 63.6 Å². The van der Waals surface area contributed by atoms with Crippen LogP contribution < -0.4 is 0 Å². The van der Waals surface area contributed by atoms with Gasteiger partial charge in [-0.15, -0.1) is 0 Å². The van der Waals surface area contributed by atoms with Gasteiger partial charge in [-0.25, -0.2) is 0 Å². The van der Waals surface area contributed by atoms with Gasteiger partial charge in [0.25, 0.3) is 0 Å². The summed E-state index contributed by atoms with van der Waals surface area (Å²) in [5.74, 6) is 1.33. The SMILES string of the molecule is COC1=C(C=O)CC(O)C2(C)CC(=O)C3(C)CCC(C(C)C)=C3C2C1. The van der Waals surface area contributed by atoms with Crippen LogP contribution in [0.3, 0.4) is 0 Å². The molecule has 4 unspecified atom stereocenters. The Bertz CT molecular complexity index is 671. The molecular weight excluding hydrogens is 316 g/mol. The molecule has 1 fully saturated rings. The maximum Gasteiger partial charge on any atom is 0.149 e. The number of hydrogen-bond donors (Lipinski definition) is 1. The van der Waals surface area contributed by atoms with Crippen LogP contribution in [0.4, 0.5) is 0 Å². The van der Waals surface area contributed by atoms with Crippen LogP contribution in [-0.4, -0.2) is 30.4 Å². The molecule has 0 bridgehead atoms. The molecule has 0 aromatic heterocycles. The number of methoxy groups -OCH3 is 1. The van der Waals surface area contributed by atoms with Gasteiger partial charge in [0.2, 0.25) is 0 Å². The summed E-state index contributed by atoms with van der Waals surface area (Å²) in [5.41, 5.74) is 2.15. The predicted octanol–water partition coefficient (Wildman–Crippen LogP) is 3.59. The molecule has 0 radical (unpaired) electrons. The van der Waals surface area contributed by atoms with Crippen LogP contribution >= 0.6 is 0 Å². The predicted molar refractivity (Wildman–Crippen MR) is 95.8 cm³/mol. The van der Waals surface area contributed by atoms with E-state index in [0.29, 0.717) is 30.1 Å². The normalized spacial score (nSPS) is 38.6. The fraction of sp³-hybridized carbons (Fsp3) is 0.714. The monoisotopic (exact) mass is 346 g/mol. The van der Waals surface area contributed by atoms with E-state index in [4.69, 9.17) is 4.74 Å². The third-order valence-electron chi connectivity index (χ3n) is 7.14. The molecule has 1 saturated carbocycles. The number of aliphatic hydroxyl groups is 1. The third kappa shape index (κ3) is 2.52. The minimum atomic E-state index is -0.722. The second-order valence-corrected chi connectivity index (χ2v) is 8.78. The number of allylic oxidation sites excluding steroid dienone is 3. The van der Waals surface area contributed by atoms with Crippen molar-refractivity contribution in [2.75, 3.05) is 7.11 Å². The highest BCUT2D eigenvalue weighted by molar-refractivity contribution is 5.91. The van der Waals surface area contributed by atoms with Crippen molar-refractivity contribution in [1.82, 2.24) is 0 Å². The van der Waals surface area contributed by atoms with E-state index in [1.54, 1.807) is 7.11 Å². The Balaban J connectivity index is 2.21. The molecule has 0 saturated heterocycles. The average Bonchev–Trinajstić information content (AvgIpc) is 2.87. The molecule has 4 atom stereocenters. The molecule has 4 nitrogen and oxygen atoms in total. The number of aliphatic hydroxyl groups excluding tert-OH is 1. The van der Waals surface area contributed by atoms with E-state index in [1.807, 2.05) is 6.92 Å². The van der Waals surface area contributed by atoms with Crippen molar-refractivity contribution >= 4 is 12.1 Å². The van der Waals surface area contributed by atoms with Crippen molar-refractivity contribution in [1.29, 1.82) is 0 Å².